The number of alkyl halides is 3. The zero-order chi connectivity index (χ0) is 25.0. The molecular formula is C24H19ClF3N5O2. The molecule has 0 aliphatic rings. The van der Waals surface area contributed by atoms with Crippen molar-refractivity contribution in [3.63, 3.8) is 0 Å². The number of nitrogens with zero attached hydrogens (tertiary/aromatic N) is 3. The van der Waals surface area contributed by atoms with Gasteiger partial charge in [0, 0.05) is 17.4 Å². The number of hydrogen-bond donors (Lipinski definition) is 2. The lowest BCUT2D eigenvalue weighted by atomic mass is 10.2. The molecule has 2 N–H and O–H groups in total. The van der Waals surface area contributed by atoms with Crippen LogP contribution in [0.15, 0.2) is 72.9 Å². The van der Waals surface area contributed by atoms with E-state index in [4.69, 9.17) is 16.3 Å². The number of urea groups is 1. The van der Waals surface area contributed by atoms with Gasteiger partial charge >= 0.3 is 12.2 Å². The van der Waals surface area contributed by atoms with Crippen LogP contribution >= 0.6 is 11.6 Å². The maximum absolute atomic E-state index is 13.0. The molecule has 0 aliphatic carbocycles. The lowest BCUT2D eigenvalue weighted by Crippen LogP contribution is -2.20. The number of halogens is 4. The monoisotopic (exact) mass is 501 g/mol. The predicted molar refractivity (Wildman–Crippen MR) is 126 cm³/mol. The average molecular weight is 502 g/mol. The number of para-hydroxylation sites is 1. The Kier molecular flexibility index (Phi) is 6.92. The molecule has 180 valence electrons. The molecular weight excluding hydrogens is 483 g/mol. The number of carbonyl (C=O) groups excluding carboxylic acids is 1. The van der Waals surface area contributed by atoms with Gasteiger partial charge in [0.1, 0.15) is 18.1 Å². The molecule has 0 radical (unpaired) electrons. The van der Waals surface area contributed by atoms with Crippen LogP contribution in [0.2, 0.25) is 5.02 Å². The molecule has 1 aromatic heterocycles. The summed E-state index contributed by atoms with van der Waals surface area (Å²) in [4.78, 5) is 12.3. The van der Waals surface area contributed by atoms with Gasteiger partial charge < -0.3 is 15.4 Å². The number of benzene rings is 3. The number of aromatic nitrogens is 3. The molecule has 0 spiro atoms. The van der Waals surface area contributed by atoms with E-state index < -0.39 is 22.8 Å². The zero-order valence-corrected chi connectivity index (χ0v) is 19.1. The maximum atomic E-state index is 13.0. The standard InChI is InChI=1S/C24H19ClF3N5O2/c1-15-5-2-3-8-22(15)33-13-18(31-32-33)14-35-19-7-4-6-16(11-19)29-23(34)30-17-9-10-21(25)20(12-17)24(26,27)28/h2-13H,14H2,1H3,(H2,29,30,34). The van der Waals surface area contributed by atoms with Crippen molar-refractivity contribution in [3.05, 3.63) is 94.8 Å². The van der Waals surface area contributed by atoms with Gasteiger partial charge in [0.2, 0.25) is 0 Å². The van der Waals surface area contributed by atoms with E-state index in [0.29, 0.717) is 17.1 Å². The number of hydrogen-bond acceptors (Lipinski definition) is 4. The quantitative estimate of drug-likeness (QED) is 0.317. The van der Waals surface area contributed by atoms with Crippen molar-refractivity contribution in [2.75, 3.05) is 10.6 Å². The molecule has 0 aliphatic heterocycles. The van der Waals surface area contributed by atoms with E-state index in [1.165, 1.54) is 6.07 Å². The fourth-order valence-electron chi connectivity index (χ4n) is 3.24. The average Bonchev–Trinajstić information content (AvgIpc) is 3.27. The first-order valence-corrected chi connectivity index (χ1v) is 10.7. The lowest BCUT2D eigenvalue weighted by molar-refractivity contribution is -0.137. The van der Waals surface area contributed by atoms with Crippen molar-refractivity contribution in [1.29, 1.82) is 0 Å². The Labute approximate surface area is 203 Å². The Balaban J connectivity index is 1.37. The van der Waals surface area contributed by atoms with E-state index >= 15 is 0 Å². The summed E-state index contributed by atoms with van der Waals surface area (Å²) in [6, 6.07) is 16.7. The van der Waals surface area contributed by atoms with Crippen LogP contribution in [0.4, 0.5) is 29.3 Å². The summed E-state index contributed by atoms with van der Waals surface area (Å²) in [6.45, 7) is 2.12. The Morgan fingerprint density at radius 1 is 1.03 bits per heavy atom. The van der Waals surface area contributed by atoms with E-state index in [-0.39, 0.29) is 12.3 Å². The van der Waals surface area contributed by atoms with Crippen LogP contribution in [-0.4, -0.2) is 21.0 Å². The van der Waals surface area contributed by atoms with Crippen molar-refractivity contribution in [1.82, 2.24) is 15.0 Å². The van der Waals surface area contributed by atoms with Crippen LogP contribution in [0, 0.1) is 6.92 Å². The molecule has 0 saturated carbocycles. The lowest BCUT2D eigenvalue weighted by Gasteiger charge is -2.13. The van der Waals surface area contributed by atoms with Crippen molar-refractivity contribution >= 4 is 29.0 Å². The Hall–Kier alpha value is -4.05. The molecule has 0 atom stereocenters. The number of anilines is 2. The molecule has 0 unspecified atom stereocenters. The molecule has 0 bridgehead atoms. The number of rotatable bonds is 6. The molecule has 4 aromatic rings. The van der Waals surface area contributed by atoms with Crippen molar-refractivity contribution in [3.8, 4) is 11.4 Å². The van der Waals surface area contributed by atoms with Crippen LogP contribution in [0.25, 0.3) is 5.69 Å². The predicted octanol–water partition coefficient (Wildman–Crippen LogP) is 6.47. The largest absolute Gasteiger partial charge is 0.487 e. The minimum Gasteiger partial charge on any atom is -0.487 e. The number of amides is 2. The fourth-order valence-corrected chi connectivity index (χ4v) is 3.46. The first kappa shape index (κ1) is 24.1. The van der Waals surface area contributed by atoms with Crippen LogP contribution in [0.1, 0.15) is 16.8 Å². The third-order valence-electron chi connectivity index (χ3n) is 4.91. The van der Waals surface area contributed by atoms with Gasteiger partial charge in [-0.1, -0.05) is 41.1 Å². The Morgan fingerprint density at radius 2 is 1.77 bits per heavy atom. The second-order valence-corrected chi connectivity index (χ2v) is 7.94. The molecule has 0 saturated heterocycles. The highest BCUT2D eigenvalue weighted by Crippen LogP contribution is 2.36. The summed E-state index contributed by atoms with van der Waals surface area (Å²) >= 11 is 5.61. The smallest absolute Gasteiger partial charge is 0.417 e. The third-order valence-corrected chi connectivity index (χ3v) is 5.24. The molecule has 4 rings (SSSR count). The normalized spacial score (nSPS) is 11.2. The summed E-state index contributed by atoms with van der Waals surface area (Å²) < 4.78 is 46.5. The van der Waals surface area contributed by atoms with E-state index in [1.807, 2.05) is 31.2 Å². The number of aryl methyl sites for hydroxylation is 1. The highest BCUT2D eigenvalue weighted by atomic mass is 35.5. The molecule has 7 nitrogen and oxygen atoms in total. The molecule has 2 amide bonds. The second kappa shape index (κ2) is 10.1. The molecule has 3 aromatic carbocycles. The SMILES string of the molecule is Cc1ccccc1-n1cc(COc2cccc(NC(=O)Nc3ccc(Cl)c(C(F)(F)F)c3)c2)nn1. The maximum Gasteiger partial charge on any atom is 0.417 e. The first-order chi connectivity index (χ1) is 16.7. The van der Waals surface area contributed by atoms with E-state index in [1.54, 1.807) is 35.1 Å². The molecule has 1 heterocycles. The minimum absolute atomic E-state index is 0.0524. The summed E-state index contributed by atoms with van der Waals surface area (Å²) in [6.07, 6.45) is -2.87. The van der Waals surface area contributed by atoms with Crippen LogP contribution in [0.5, 0.6) is 5.75 Å². The van der Waals surface area contributed by atoms with E-state index in [0.717, 1.165) is 23.4 Å². The van der Waals surface area contributed by atoms with Crippen molar-refractivity contribution < 1.29 is 22.7 Å². The summed E-state index contributed by atoms with van der Waals surface area (Å²) in [5, 5.41) is 12.7. The Morgan fingerprint density at radius 3 is 2.51 bits per heavy atom. The van der Waals surface area contributed by atoms with Crippen LogP contribution in [-0.2, 0) is 12.8 Å². The number of ether oxygens (including phenoxy) is 1. The molecule has 11 heteroatoms. The van der Waals surface area contributed by atoms with Gasteiger partial charge in [-0.05, 0) is 48.9 Å². The van der Waals surface area contributed by atoms with Crippen LogP contribution < -0.4 is 15.4 Å². The highest BCUT2D eigenvalue weighted by molar-refractivity contribution is 6.31. The summed E-state index contributed by atoms with van der Waals surface area (Å²) in [5.41, 5.74) is 1.86. The van der Waals surface area contributed by atoms with Gasteiger partial charge in [-0.25, -0.2) is 9.48 Å². The summed E-state index contributed by atoms with van der Waals surface area (Å²) in [7, 11) is 0. The number of carbonyl (C=O) groups is 1. The number of nitrogens with one attached hydrogen (secondary N) is 2. The third kappa shape index (κ3) is 6.10. The van der Waals surface area contributed by atoms with Crippen molar-refractivity contribution in [2.45, 2.75) is 19.7 Å². The fraction of sp³-hybridized carbons (Fsp3) is 0.125. The molecule has 0 fully saturated rings. The topological polar surface area (TPSA) is 81.1 Å². The summed E-state index contributed by atoms with van der Waals surface area (Å²) in [5.74, 6) is 0.457. The van der Waals surface area contributed by atoms with Crippen LogP contribution in [0.3, 0.4) is 0 Å². The second-order valence-electron chi connectivity index (χ2n) is 7.53. The molecule has 35 heavy (non-hydrogen) atoms. The highest BCUT2D eigenvalue weighted by Gasteiger charge is 2.33. The van der Waals surface area contributed by atoms with Gasteiger partial charge in [0.05, 0.1) is 22.5 Å². The minimum atomic E-state index is -4.64. The van der Waals surface area contributed by atoms with Crippen molar-refractivity contribution in [2.24, 2.45) is 0 Å². The zero-order valence-electron chi connectivity index (χ0n) is 18.3. The van der Waals surface area contributed by atoms with Gasteiger partial charge in [0.25, 0.3) is 0 Å². The Bertz CT molecular complexity index is 1360. The van der Waals surface area contributed by atoms with Gasteiger partial charge in [0.15, 0.2) is 0 Å². The van der Waals surface area contributed by atoms with E-state index in [2.05, 4.69) is 20.9 Å². The van der Waals surface area contributed by atoms with Gasteiger partial charge in [-0.3, -0.25) is 0 Å². The van der Waals surface area contributed by atoms with Gasteiger partial charge in [-0.2, -0.15) is 13.2 Å². The van der Waals surface area contributed by atoms with E-state index in [9.17, 15) is 18.0 Å². The van der Waals surface area contributed by atoms with Gasteiger partial charge in [-0.15, -0.1) is 5.10 Å². The first-order valence-electron chi connectivity index (χ1n) is 10.3.